The van der Waals surface area contributed by atoms with E-state index in [4.69, 9.17) is 10.5 Å². The van der Waals surface area contributed by atoms with Gasteiger partial charge in [-0.25, -0.2) is 0 Å². The average molecular weight is 177 g/mol. The molecule has 72 valence electrons. The zero-order chi connectivity index (χ0) is 9.78. The molecular weight excluding hydrogens is 161 g/mol. The van der Waals surface area contributed by atoms with E-state index < -0.39 is 24.2 Å². The van der Waals surface area contributed by atoms with E-state index >= 15 is 0 Å². The van der Waals surface area contributed by atoms with Crippen molar-refractivity contribution in [2.75, 3.05) is 13.2 Å². The highest BCUT2D eigenvalue weighted by molar-refractivity contribution is 5.73. The van der Waals surface area contributed by atoms with E-state index in [1.54, 1.807) is 20.8 Å². The van der Waals surface area contributed by atoms with Crippen molar-refractivity contribution in [3.63, 3.8) is 0 Å². The summed E-state index contributed by atoms with van der Waals surface area (Å²) in [4.78, 5) is 11.1. The van der Waals surface area contributed by atoms with Gasteiger partial charge >= 0.3 is 5.97 Å². The Hall–Kier alpha value is -0.640. The highest BCUT2D eigenvalue weighted by atomic mass is 19.1. The zero-order valence-corrected chi connectivity index (χ0v) is 7.76. The molecule has 0 saturated heterocycles. The van der Waals surface area contributed by atoms with Crippen LogP contribution in [0.2, 0.25) is 0 Å². The van der Waals surface area contributed by atoms with Gasteiger partial charge in [0, 0.05) is 6.54 Å². The minimum absolute atomic E-state index is 0.00852. The largest absolute Gasteiger partial charge is 0.460 e. The molecule has 12 heavy (non-hydrogen) atoms. The highest BCUT2D eigenvalue weighted by Gasteiger charge is 2.23. The van der Waals surface area contributed by atoms with E-state index in [0.29, 0.717) is 0 Å². The third kappa shape index (κ3) is 4.28. The Kier molecular flexibility index (Phi) is 4.17. The molecule has 0 bridgehead atoms. The van der Waals surface area contributed by atoms with E-state index in [1.807, 2.05) is 0 Å². The van der Waals surface area contributed by atoms with E-state index in [9.17, 15) is 9.18 Å². The quantitative estimate of drug-likeness (QED) is 0.651. The number of hydrogen-bond acceptors (Lipinski definition) is 3. The lowest BCUT2D eigenvalue weighted by atomic mass is 10.1. The first kappa shape index (κ1) is 11.4. The van der Waals surface area contributed by atoms with Gasteiger partial charge < -0.3 is 10.5 Å². The number of alkyl halides is 1. The lowest BCUT2D eigenvalue weighted by Crippen LogP contribution is -2.33. The first-order valence-corrected chi connectivity index (χ1v) is 3.89. The second-order valence-electron chi connectivity index (χ2n) is 3.62. The summed E-state index contributed by atoms with van der Waals surface area (Å²) in [5.74, 6) is -1.38. The molecular formula is C8H16FNO2. The van der Waals surface area contributed by atoms with Gasteiger partial charge in [-0.1, -0.05) is 0 Å². The normalized spacial score (nSPS) is 14.1. The Morgan fingerprint density at radius 1 is 1.58 bits per heavy atom. The van der Waals surface area contributed by atoms with Crippen LogP contribution in [0.3, 0.4) is 0 Å². The fraction of sp³-hybridized carbons (Fsp3) is 0.875. The van der Waals surface area contributed by atoms with Crippen LogP contribution in [-0.2, 0) is 9.53 Å². The molecule has 0 saturated carbocycles. The predicted molar refractivity (Wildman–Crippen MR) is 44.4 cm³/mol. The lowest BCUT2D eigenvalue weighted by molar-refractivity contribution is -0.160. The first-order chi connectivity index (χ1) is 5.40. The summed E-state index contributed by atoms with van der Waals surface area (Å²) in [5.41, 5.74) is 4.59. The van der Waals surface area contributed by atoms with Gasteiger partial charge in [0.2, 0.25) is 0 Å². The van der Waals surface area contributed by atoms with Crippen molar-refractivity contribution in [3.8, 4) is 0 Å². The predicted octanol–water partition coefficient (Wildman–Crippen LogP) is 0.873. The third-order valence-corrected chi connectivity index (χ3v) is 1.21. The Labute approximate surface area is 72.1 Å². The Morgan fingerprint density at radius 3 is 2.33 bits per heavy atom. The fourth-order valence-electron chi connectivity index (χ4n) is 0.607. The maximum Gasteiger partial charge on any atom is 0.313 e. The van der Waals surface area contributed by atoms with Crippen molar-refractivity contribution >= 4 is 5.97 Å². The number of halogens is 1. The molecule has 0 aliphatic heterocycles. The van der Waals surface area contributed by atoms with Crippen LogP contribution >= 0.6 is 0 Å². The molecule has 0 fully saturated rings. The maximum atomic E-state index is 12.1. The molecule has 3 nitrogen and oxygen atoms in total. The number of hydrogen-bond donors (Lipinski definition) is 1. The van der Waals surface area contributed by atoms with Crippen LogP contribution in [0.15, 0.2) is 0 Å². The van der Waals surface area contributed by atoms with Crippen LogP contribution in [0.5, 0.6) is 0 Å². The van der Waals surface area contributed by atoms with Gasteiger partial charge in [-0.15, -0.1) is 0 Å². The van der Waals surface area contributed by atoms with E-state index in [1.165, 1.54) is 0 Å². The SMILES string of the molecule is CC(C)(C)OC(=O)C(CN)CF. The van der Waals surface area contributed by atoms with E-state index in [-0.39, 0.29) is 6.54 Å². The molecule has 0 amide bonds. The third-order valence-electron chi connectivity index (χ3n) is 1.21. The summed E-state index contributed by atoms with van der Waals surface area (Å²) in [6.45, 7) is 4.43. The van der Waals surface area contributed by atoms with Crippen molar-refractivity contribution in [1.29, 1.82) is 0 Å². The van der Waals surface area contributed by atoms with Crippen molar-refractivity contribution in [3.05, 3.63) is 0 Å². The fourth-order valence-corrected chi connectivity index (χ4v) is 0.607. The minimum Gasteiger partial charge on any atom is -0.460 e. The molecule has 0 heterocycles. The lowest BCUT2D eigenvalue weighted by Gasteiger charge is -2.21. The highest BCUT2D eigenvalue weighted by Crippen LogP contribution is 2.10. The van der Waals surface area contributed by atoms with Gasteiger partial charge in [-0.2, -0.15) is 0 Å². The molecule has 0 aromatic heterocycles. The van der Waals surface area contributed by atoms with Crippen LogP contribution in [0.1, 0.15) is 20.8 Å². The number of nitrogens with two attached hydrogens (primary N) is 1. The molecule has 0 aromatic carbocycles. The van der Waals surface area contributed by atoms with Gasteiger partial charge in [0.1, 0.15) is 12.3 Å². The molecule has 0 radical (unpaired) electrons. The second-order valence-corrected chi connectivity index (χ2v) is 3.62. The molecule has 1 unspecified atom stereocenters. The van der Waals surface area contributed by atoms with Crippen LogP contribution < -0.4 is 5.73 Å². The number of esters is 1. The van der Waals surface area contributed by atoms with Crippen LogP contribution in [0.25, 0.3) is 0 Å². The summed E-state index contributed by atoms with van der Waals surface area (Å²) in [7, 11) is 0. The van der Waals surface area contributed by atoms with Crippen molar-refractivity contribution in [2.45, 2.75) is 26.4 Å². The summed E-state index contributed by atoms with van der Waals surface area (Å²) in [5, 5.41) is 0. The summed E-state index contributed by atoms with van der Waals surface area (Å²) in [6.07, 6.45) is 0. The molecule has 4 heteroatoms. The molecule has 0 aromatic rings. The number of rotatable bonds is 3. The Morgan fingerprint density at radius 2 is 2.08 bits per heavy atom. The summed E-state index contributed by atoms with van der Waals surface area (Å²) < 4.78 is 17.0. The van der Waals surface area contributed by atoms with Crippen LogP contribution in [0, 0.1) is 5.92 Å². The molecule has 0 rings (SSSR count). The van der Waals surface area contributed by atoms with Crippen LogP contribution in [-0.4, -0.2) is 24.8 Å². The Bertz CT molecular complexity index is 150. The monoisotopic (exact) mass is 177 g/mol. The van der Waals surface area contributed by atoms with Gasteiger partial charge in [-0.3, -0.25) is 9.18 Å². The Balaban J connectivity index is 4.02. The maximum absolute atomic E-state index is 12.1. The molecule has 0 aliphatic carbocycles. The second kappa shape index (κ2) is 4.40. The first-order valence-electron chi connectivity index (χ1n) is 3.89. The van der Waals surface area contributed by atoms with Crippen LogP contribution in [0.4, 0.5) is 4.39 Å². The molecule has 2 N–H and O–H groups in total. The average Bonchev–Trinajstić information content (AvgIpc) is 1.85. The topological polar surface area (TPSA) is 52.3 Å². The van der Waals surface area contributed by atoms with Crippen molar-refractivity contribution in [2.24, 2.45) is 11.7 Å². The molecule has 0 spiro atoms. The van der Waals surface area contributed by atoms with Gasteiger partial charge in [-0.05, 0) is 20.8 Å². The van der Waals surface area contributed by atoms with Gasteiger partial charge in [0.05, 0.1) is 5.92 Å². The van der Waals surface area contributed by atoms with E-state index in [0.717, 1.165) is 0 Å². The molecule has 1 atom stereocenters. The number of ether oxygens (including phenoxy) is 1. The zero-order valence-electron chi connectivity index (χ0n) is 7.76. The summed E-state index contributed by atoms with van der Waals surface area (Å²) >= 11 is 0. The minimum atomic E-state index is -0.816. The van der Waals surface area contributed by atoms with Gasteiger partial charge in [0.25, 0.3) is 0 Å². The number of carbonyl (C=O) groups is 1. The van der Waals surface area contributed by atoms with Crippen molar-refractivity contribution < 1.29 is 13.9 Å². The standard InChI is InChI=1S/C8H16FNO2/c1-8(2,3)12-7(11)6(4-9)5-10/h6H,4-5,10H2,1-3H3. The summed E-state index contributed by atoms with van der Waals surface area (Å²) in [6, 6.07) is 0. The molecule has 0 aliphatic rings. The van der Waals surface area contributed by atoms with Crippen molar-refractivity contribution in [1.82, 2.24) is 0 Å². The van der Waals surface area contributed by atoms with E-state index in [2.05, 4.69) is 0 Å². The van der Waals surface area contributed by atoms with Gasteiger partial charge in [0.15, 0.2) is 0 Å². The number of carbonyl (C=O) groups excluding carboxylic acids is 1. The smallest absolute Gasteiger partial charge is 0.313 e.